The van der Waals surface area contributed by atoms with E-state index in [1.165, 1.54) is 37.7 Å². The van der Waals surface area contributed by atoms with Gasteiger partial charge in [0.25, 0.3) is 0 Å². The highest BCUT2D eigenvalue weighted by Crippen LogP contribution is 2.28. The van der Waals surface area contributed by atoms with E-state index in [1.807, 2.05) is 29.0 Å². The van der Waals surface area contributed by atoms with Gasteiger partial charge in [0.1, 0.15) is 6.07 Å². The standard InChI is InChI=1S/C29H34Cl2N4/c1-3-4-10-26-28(20-32)33-35(21(2)25-13-12-23(30)19-27(25)31)29(26)14-11-22-15-17-34(18-16-22)24-8-6-5-7-9-24/h3,10,12-15,19,21,24H,1,4-9,11,16-18H2,2H3/b26-10-,29-14+. The smallest absolute Gasteiger partial charge is 0.170 e. The van der Waals surface area contributed by atoms with Crippen LogP contribution in [0.15, 0.2) is 42.5 Å². The normalized spacial score (nSPS) is 19.4. The van der Waals surface area contributed by atoms with Crippen LogP contribution in [0.3, 0.4) is 0 Å². The van der Waals surface area contributed by atoms with Gasteiger partial charge in [-0.15, -0.1) is 6.58 Å². The average Bonchev–Trinajstić information content (AvgIpc) is 3.24. The molecule has 1 saturated carbocycles. The first-order valence-corrected chi connectivity index (χ1v) is 13.4. The summed E-state index contributed by atoms with van der Waals surface area (Å²) in [5, 5.41) is 17.5. The number of hydrogen-bond donors (Lipinski definition) is 0. The Morgan fingerprint density at radius 3 is 2.69 bits per heavy atom. The van der Waals surface area contributed by atoms with Crippen LogP contribution >= 0.6 is 23.2 Å². The van der Waals surface area contributed by atoms with E-state index in [9.17, 15) is 5.26 Å². The van der Waals surface area contributed by atoms with Gasteiger partial charge < -0.3 is 0 Å². The summed E-state index contributed by atoms with van der Waals surface area (Å²) < 4.78 is 1.93. The Labute approximate surface area is 218 Å². The summed E-state index contributed by atoms with van der Waals surface area (Å²) in [7, 11) is 0. The van der Waals surface area contributed by atoms with Gasteiger partial charge in [-0.2, -0.15) is 10.4 Å². The molecule has 1 aliphatic heterocycles. The van der Waals surface area contributed by atoms with E-state index < -0.39 is 0 Å². The van der Waals surface area contributed by atoms with Gasteiger partial charge in [0.2, 0.25) is 0 Å². The van der Waals surface area contributed by atoms with Crippen LogP contribution in [0.4, 0.5) is 0 Å². The molecule has 1 unspecified atom stereocenters. The third-order valence-electron chi connectivity index (χ3n) is 7.34. The molecule has 0 N–H and O–H groups in total. The lowest BCUT2D eigenvalue weighted by Gasteiger charge is -2.36. The van der Waals surface area contributed by atoms with Gasteiger partial charge in [-0.25, -0.2) is 0 Å². The predicted octanol–water partition coefficient (Wildman–Crippen LogP) is 6.16. The van der Waals surface area contributed by atoms with E-state index in [2.05, 4.69) is 36.6 Å². The number of aromatic nitrogens is 2. The van der Waals surface area contributed by atoms with Crippen molar-refractivity contribution in [3.8, 4) is 6.07 Å². The highest BCUT2D eigenvalue weighted by Gasteiger charge is 2.22. The molecule has 1 aliphatic carbocycles. The first kappa shape index (κ1) is 25.8. The van der Waals surface area contributed by atoms with Gasteiger partial charge in [-0.05, 0) is 56.7 Å². The number of rotatable bonds is 7. The Hall–Kier alpha value is -2.32. The van der Waals surface area contributed by atoms with Crippen molar-refractivity contribution in [2.75, 3.05) is 13.1 Å². The van der Waals surface area contributed by atoms with Crippen molar-refractivity contribution in [2.24, 2.45) is 0 Å². The Kier molecular flexibility index (Phi) is 8.89. The first-order valence-electron chi connectivity index (χ1n) is 12.7. The molecule has 1 fully saturated rings. The molecule has 1 aromatic heterocycles. The third-order valence-corrected chi connectivity index (χ3v) is 7.91. The zero-order valence-electron chi connectivity index (χ0n) is 20.5. The van der Waals surface area contributed by atoms with Gasteiger partial charge in [-0.3, -0.25) is 9.58 Å². The van der Waals surface area contributed by atoms with Crippen molar-refractivity contribution in [2.45, 2.75) is 70.4 Å². The Balaban J connectivity index is 1.66. The molecule has 35 heavy (non-hydrogen) atoms. The van der Waals surface area contributed by atoms with Crippen molar-refractivity contribution >= 4 is 35.4 Å². The minimum absolute atomic E-state index is 0.147. The van der Waals surface area contributed by atoms with Crippen LogP contribution < -0.4 is 10.6 Å². The van der Waals surface area contributed by atoms with Crippen LogP contribution in [-0.2, 0) is 0 Å². The summed E-state index contributed by atoms with van der Waals surface area (Å²) >= 11 is 12.7. The predicted molar refractivity (Wildman–Crippen MR) is 146 cm³/mol. The number of hydrogen-bond acceptors (Lipinski definition) is 3. The molecule has 184 valence electrons. The minimum atomic E-state index is -0.147. The number of allylic oxidation sites excluding steroid dienone is 1. The quantitative estimate of drug-likeness (QED) is 0.420. The van der Waals surface area contributed by atoms with Gasteiger partial charge in [0.05, 0.1) is 11.4 Å². The number of nitriles is 1. The average molecular weight is 510 g/mol. The van der Waals surface area contributed by atoms with Crippen molar-refractivity contribution in [3.05, 3.63) is 74.4 Å². The monoisotopic (exact) mass is 508 g/mol. The van der Waals surface area contributed by atoms with E-state index in [0.717, 1.165) is 48.1 Å². The maximum Gasteiger partial charge on any atom is 0.170 e. The highest BCUT2D eigenvalue weighted by molar-refractivity contribution is 6.35. The number of benzene rings is 1. The maximum absolute atomic E-state index is 9.82. The van der Waals surface area contributed by atoms with E-state index in [4.69, 9.17) is 28.3 Å². The van der Waals surface area contributed by atoms with Crippen LogP contribution in [0.2, 0.25) is 10.0 Å². The molecule has 0 spiro atoms. The van der Waals surface area contributed by atoms with E-state index in [1.54, 1.807) is 6.07 Å². The van der Waals surface area contributed by atoms with Gasteiger partial charge >= 0.3 is 0 Å². The van der Waals surface area contributed by atoms with Crippen LogP contribution in [0.5, 0.6) is 0 Å². The fourth-order valence-electron chi connectivity index (χ4n) is 5.33. The summed E-state index contributed by atoms with van der Waals surface area (Å²) in [5.41, 5.74) is 2.80. The molecule has 1 aromatic carbocycles. The molecule has 1 atom stereocenters. The Morgan fingerprint density at radius 2 is 2.03 bits per heavy atom. The zero-order valence-corrected chi connectivity index (χ0v) is 22.0. The summed E-state index contributed by atoms with van der Waals surface area (Å²) in [6, 6.07) is 8.42. The highest BCUT2D eigenvalue weighted by atomic mass is 35.5. The number of halogens is 2. The van der Waals surface area contributed by atoms with E-state index >= 15 is 0 Å². The SMILES string of the molecule is C=CC/C=c1/c(C#N)nn(C(C)c2ccc(Cl)cc2Cl)/c1=C/CC1=CCN(C2CCCCC2)CC1. The molecule has 0 saturated heterocycles. The first-order chi connectivity index (χ1) is 17.0. The lowest BCUT2D eigenvalue weighted by Crippen LogP contribution is -2.39. The fraction of sp³-hybridized carbons (Fsp3) is 0.448. The van der Waals surface area contributed by atoms with Crippen molar-refractivity contribution in [1.29, 1.82) is 5.26 Å². The molecular formula is C29H34Cl2N4. The van der Waals surface area contributed by atoms with Gasteiger partial charge in [0, 0.05) is 34.4 Å². The largest absolute Gasteiger partial charge is 0.296 e. The molecule has 2 heterocycles. The van der Waals surface area contributed by atoms with E-state index in [-0.39, 0.29) is 6.04 Å². The Bertz CT molecular complexity index is 1240. The number of nitrogens with zero attached hydrogens (tertiary/aromatic N) is 4. The second kappa shape index (κ2) is 12.1. The molecule has 0 radical (unpaired) electrons. The second-order valence-corrected chi connectivity index (χ2v) is 10.4. The lowest BCUT2D eigenvalue weighted by molar-refractivity contribution is 0.167. The van der Waals surface area contributed by atoms with Crippen LogP contribution in [-0.4, -0.2) is 33.8 Å². The van der Waals surface area contributed by atoms with Crippen LogP contribution in [0, 0.1) is 11.3 Å². The fourth-order valence-corrected chi connectivity index (χ4v) is 5.90. The molecule has 0 amide bonds. The lowest BCUT2D eigenvalue weighted by atomic mass is 9.92. The summed E-state index contributed by atoms with van der Waals surface area (Å²) in [6.07, 6.45) is 18.0. The summed E-state index contributed by atoms with van der Waals surface area (Å²) in [5.74, 6) is 0. The third kappa shape index (κ3) is 6.09. The summed E-state index contributed by atoms with van der Waals surface area (Å²) in [4.78, 5) is 2.66. The molecule has 0 bridgehead atoms. The molecule has 2 aliphatic rings. The second-order valence-electron chi connectivity index (χ2n) is 9.58. The van der Waals surface area contributed by atoms with Crippen LogP contribution in [0.25, 0.3) is 12.2 Å². The van der Waals surface area contributed by atoms with Crippen molar-refractivity contribution < 1.29 is 0 Å². The minimum Gasteiger partial charge on any atom is -0.296 e. The van der Waals surface area contributed by atoms with Gasteiger partial charge in [0.15, 0.2) is 5.69 Å². The molecule has 6 heteroatoms. The molecule has 4 rings (SSSR count). The van der Waals surface area contributed by atoms with Crippen LogP contribution in [0.1, 0.15) is 75.6 Å². The molecular weight excluding hydrogens is 475 g/mol. The Morgan fingerprint density at radius 1 is 1.23 bits per heavy atom. The summed E-state index contributed by atoms with van der Waals surface area (Å²) in [6.45, 7) is 8.08. The maximum atomic E-state index is 9.82. The van der Waals surface area contributed by atoms with Crippen molar-refractivity contribution in [1.82, 2.24) is 14.7 Å². The molecule has 2 aromatic rings. The van der Waals surface area contributed by atoms with E-state index in [0.29, 0.717) is 22.2 Å². The topological polar surface area (TPSA) is 44.9 Å². The molecule has 4 nitrogen and oxygen atoms in total. The van der Waals surface area contributed by atoms with Gasteiger partial charge in [-0.1, -0.05) is 78.4 Å². The van der Waals surface area contributed by atoms with Crippen molar-refractivity contribution in [3.63, 3.8) is 0 Å². The zero-order chi connectivity index (χ0) is 24.8.